The fourth-order valence-electron chi connectivity index (χ4n) is 2.66. The fourth-order valence-corrected chi connectivity index (χ4v) is 2.66. The van der Waals surface area contributed by atoms with Crippen molar-refractivity contribution < 1.29 is 0 Å². The molecule has 1 heterocycles. The first-order chi connectivity index (χ1) is 7.56. The molecule has 2 heteroatoms. The van der Waals surface area contributed by atoms with Crippen molar-refractivity contribution in [3.05, 3.63) is 0 Å². The van der Waals surface area contributed by atoms with Crippen LogP contribution in [0.15, 0.2) is 0 Å². The zero-order chi connectivity index (χ0) is 12.0. The van der Waals surface area contributed by atoms with Gasteiger partial charge in [0, 0.05) is 11.6 Å². The highest BCUT2D eigenvalue weighted by Gasteiger charge is 2.30. The lowest BCUT2D eigenvalue weighted by Gasteiger charge is -2.31. The van der Waals surface area contributed by atoms with Crippen LogP contribution in [0.25, 0.3) is 0 Å². The molecular formula is C14H30N2. The highest BCUT2D eigenvalue weighted by molar-refractivity contribution is 4.87. The summed E-state index contributed by atoms with van der Waals surface area (Å²) in [7, 11) is 0. The van der Waals surface area contributed by atoms with Crippen LogP contribution in [0.2, 0.25) is 0 Å². The van der Waals surface area contributed by atoms with Crippen LogP contribution >= 0.6 is 0 Å². The van der Waals surface area contributed by atoms with E-state index in [4.69, 9.17) is 0 Å². The molecule has 1 N–H and O–H groups in total. The van der Waals surface area contributed by atoms with E-state index in [-0.39, 0.29) is 0 Å². The third kappa shape index (κ3) is 4.42. The summed E-state index contributed by atoms with van der Waals surface area (Å²) in [6, 6.07) is 0.686. The Morgan fingerprint density at radius 2 is 2.12 bits per heavy atom. The molecule has 0 aromatic carbocycles. The fraction of sp³-hybridized carbons (Fsp3) is 1.00. The van der Waals surface area contributed by atoms with Crippen LogP contribution in [0, 0.1) is 0 Å². The number of rotatable bonds is 7. The molecule has 1 atom stereocenters. The third-order valence-electron chi connectivity index (χ3n) is 3.88. The van der Waals surface area contributed by atoms with Gasteiger partial charge >= 0.3 is 0 Å². The Morgan fingerprint density at radius 3 is 2.69 bits per heavy atom. The number of nitrogens with zero attached hydrogens (tertiary/aromatic N) is 1. The van der Waals surface area contributed by atoms with E-state index >= 15 is 0 Å². The zero-order valence-corrected chi connectivity index (χ0v) is 11.7. The third-order valence-corrected chi connectivity index (χ3v) is 3.88. The minimum atomic E-state index is 0.458. The standard InChI is InChI=1S/C14H30N2/c1-5-10-15-13(2)8-6-11-16-12-7-9-14(16,3)4/h13,15H,5-12H2,1-4H3. The van der Waals surface area contributed by atoms with Crippen LogP contribution in [0.3, 0.4) is 0 Å². The normalized spacial score (nSPS) is 22.5. The predicted octanol–water partition coefficient (Wildman–Crippen LogP) is 3.03. The molecule has 0 bridgehead atoms. The molecular weight excluding hydrogens is 196 g/mol. The smallest absolute Gasteiger partial charge is 0.0153 e. The Hall–Kier alpha value is -0.0800. The van der Waals surface area contributed by atoms with Gasteiger partial charge in [0.1, 0.15) is 0 Å². The van der Waals surface area contributed by atoms with E-state index in [2.05, 4.69) is 37.9 Å². The molecule has 0 aromatic heterocycles. The lowest BCUT2D eigenvalue weighted by atomic mass is 10.0. The van der Waals surface area contributed by atoms with Crippen molar-refractivity contribution in [2.24, 2.45) is 0 Å². The van der Waals surface area contributed by atoms with Crippen LogP contribution in [0.1, 0.15) is 59.8 Å². The molecule has 0 amide bonds. The summed E-state index contributed by atoms with van der Waals surface area (Å²) in [6.45, 7) is 13.1. The summed E-state index contributed by atoms with van der Waals surface area (Å²) >= 11 is 0. The quantitative estimate of drug-likeness (QED) is 0.718. The monoisotopic (exact) mass is 226 g/mol. The highest BCUT2D eigenvalue weighted by atomic mass is 15.2. The van der Waals surface area contributed by atoms with Gasteiger partial charge in [-0.1, -0.05) is 6.92 Å². The zero-order valence-electron chi connectivity index (χ0n) is 11.7. The van der Waals surface area contributed by atoms with E-state index in [1.54, 1.807) is 0 Å². The molecule has 1 fully saturated rings. The highest BCUT2D eigenvalue weighted by Crippen LogP contribution is 2.28. The molecule has 1 aliphatic rings. The van der Waals surface area contributed by atoms with Crippen LogP contribution in [0.4, 0.5) is 0 Å². The van der Waals surface area contributed by atoms with Crippen molar-refractivity contribution in [1.29, 1.82) is 0 Å². The van der Waals surface area contributed by atoms with Crippen LogP contribution in [-0.4, -0.2) is 36.1 Å². The van der Waals surface area contributed by atoms with E-state index < -0.39 is 0 Å². The molecule has 2 nitrogen and oxygen atoms in total. The average Bonchev–Trinajstić information content (AvgIpc) is 2.55. The van der Waals surface area contributed by atoms with Gasteiger partial charge in [0.25, 0.3) is 0 Å². The Bertz CT molecular complexity index is 189. The summed E-state index contributed by atoms with van der Waals surface area (Å²) in [5.74, 6) is 0. The minimum absolute atomic E-state index is 0.458. The molecule has 16 heavy (non-hydrogen) atoms. The maximum Gasteiger partial charge on any atom is 0.0153 e. The van der Waals surface area contributed by atoms with E-state index in [0.717, 1.165) is 6.54 Å². The van der Waals surface area contributed by atoms with Gasteiger partial charge < -0.3 is 5.32 Å². The van der Waals surface area contributed by atoms with Crippen molar-refractivity contribution in [1.82, 2.24) is 10.2 Å². The second-order valence-electron chi connectivity index (χ2n) is 5.90. The molecule has 1 aliphatic heterocycles. The van der Waals surface area contributed by atoms with Crippen molar-refractivity contribution in [2.45, 2.75) is 71.4 Å². The van der Waals surface area contributed by atoms with Gasteiger partial charge in [-0.15, -0.1) is 0 Å². The summed E-state index contributed by atoms with van der Waals surface area (Å²) in [6.07, 6.45) is 6.64. The maximum absolute atomic E-state index is 3.56. The molecule has 1 rings (SSSR count). The SMILES string of the molecule is CCCNC(C)CCCN1CCCC1(C)C. The summed E-state index contributed by atoms with van der Waals surface area (Å²) in [5, 5.41) is 3.56. The molecule has 0 aliphatic carbocycles. The summed E-state index contributed by atoms with van der Waals surface area (Å²) < 4.78 is 0. The van der Waals surface area contributed by atoms with Gasteiger partial charge in [0.2, 0.25) is 0 Å². The predicted molar refractivity (Wildman–Crippen MR) is 71.9 cm³/mol. The first-order valence-corrected chi connectivity index (χ1v) is 7.04. The largest absolute Gasteiger partial charge is 0.314 e. The van der Waals surface area contributed by atoms with E-state index in [9.17, 15) is 0 Å². The molecule has 1 unspecified atom stereocenters. The Morgan fingerprint density at radius 1 is 1.38 bits per heavy atom. The number of likely N-dealkylation sites (tertiary alicyclic amines) is 1. The van der Waals surface area contributed by atoms with Gasteiger partial charge in [-0.05, 0) is 72.5 Å². The summed E-state index contributed by atoms with van der Waals surface area (Å²) in [4.78, 5) is 2.67. The minimum Gasteiger partial charge on any atom is -0.314 e. The van der Waals surface area contributed by atoms with Crippen LogP contribution in [0.5, 0.6) is 0 Å². The average molecular weight is 226 g/mol. The number of hydrogen-bond donors (Lipinski definition) is 1. The molecule has 0 radical (unpaired) electrons. The lowest BCUT2D eigenvalue weighted by Crippen LogP contribution is -2.39. The second-order valence-corrected chi connectivity index (χ2v) is 5.90. The van der Waals surface area contributed by atoms with Crippen molar-refractivity contribution in [3.8, 4) is 0 Å². The van der Waals surface area contributed by atoms with Gasteiger partial charge in [0.15, 0.2) is 0 Å². The molecule has 0 saturated carbocycles. The van der Waals surface area contributed by atoms with Crippen molar-refractivity contribution in [2.75, 3.05) is 19.6 Å². The molecule has 1 saturated heterocycles. The Kier molecular flexibility index (Phi) is 5.77. The van der Waals surface area contributed by atoms with E-state index in [1.165, 1.54) is 45.2 Å². The van der Waals surface area contributed by atoms with Gasteiger partial charge in [-0.25, -0.2) is 0 Å². The number of hydrogen-bond acceptors (Lipinski definition) is 2. The van der Waals surface area contributed by atoms with E-state index in [0.29, 0.717) is 11.6 Å². The van der Waals surface area contributed by atoms with Crippen molar-refractivity contribution >= 4 is 0 Å². The van der Waals surface area contributed by atoms with Gasteiger partial charge in [0.05, 0.1) is 0 Å². The maximum atomic E-state index is 3.56. The van der Waals surface area contributed by atoms with Crippen LogP contribution < -0.4 is 5.32 Å². The number of nitrogens with one attached hydrogen (secondary N) is 1. The van der Waals surface area contributed by atoms with Gasteiger partial charge in [-0.2, -0.15) is 0 Å². The topological polar surface area (TPSA) is 15.3 Å². The lowest BCUT2D eigenvalue weighted by molar-refractivity contribution is 0.170. The summed E-state index contributed by atoms with van der Waals surface area (Å²) in [5.41, 5.74) is 0.458. The van der Waals surface area contributed by atoms with Crippen molar-refractivity contribution in [3.63, 3.8) is 0 Å². The van der Waals surface area contributed by atoms with Crippen LogP contribution in [-0.2, 0) is 0 Å². The molecule has 96 valence electrons. The molecule has 0 spiro atoms. The van der Waals surface area contributed by atoms with Gasteiger partial charge in [-0.3, -0.25) is 4.90 Å². The first kappa shape index (κ1) is 14.0. The van der Waals surface area contributed by atoms with E-state index in [1.807, 2.05) is 0 Å². The Balaban J connectivity index is 2.11. The first-order valence-electron chi connectivity index (χ1n) is 7.04. The second kappa shape index (κ2) is 6.61. The molecule has 0 aromatic rings. The Labute approximate surface area is 102 Å².